The van der Waals surface area contributed by atoms with Gasteiger partial charge in [-0.3, -0.25) is 14.7 Å². The Morgan fingerprint density at radius 1 is 1.25 bits per heavy atom. The van der Waals surface area contributed by atoms with Crippen LogP contribution in [0.5, 0.6) is 0 Å². The van der Waals surface area contributed by atoms with Crippen molar-refractivity contribution < 1.29 is 9.59 Å². The van der Waals surface area contributed by atoms with Crippen molar-refractivity contribution in [3.8, 4) is 11.1 Å². The predicted molar refractivity (Wildman–Crippen MR) is 108 cm³/mol. The molecule has 2 amide bonds. The van der Waals surface area contributed by atoms with Gasteiger partial charge in [0.15, 0.2) is 0 Å². The first-order valence-electron chi connectivity index (χ1n) is 10.2. The lowest BCUT2D eigenvalue weighted by Gasteiger charge is -2.35. The van der Waals surface area contributed by atoms with Crippen LogP contribution in [0.3, 0.4) is 0 Å². The van der Waals surface area contributed by atoms with Gasteiger partial charge in [-0.1, -0.05) is 29.8 Å². The van der Waals surface area contributed by atoms with E-state index in [0.29, 0.717) is 18.9 Å². The highest BCUT2D eigenvalue weighted by molar-refractivity contribution is 5.88. The molecule has 28 heavy (non-hydrogen) atoms. The molecule has 2 aromatic rings. The van der Waals surface area contributed by atoms with Gasteiger partial charge in [0, 0.05) is 43.2 Å². The molecule has 1 aromatic heterocycles. The SMILES string of the molecule is Cc1cccc(-c2cn[nH]c2C2CCN(C(=O)[C@@H](C)N3CCCC3=O)CC2)c1. The molecule has 6 heteroatoms. The Hall–Kier alpha value is -2.63. The number of H-pyrrole nitrogens is 1. The number of nitrogens with one attached hydrogen (secondary N) is 1. The third kappa shape index (κ3) is 3.55. The van der Waals surface area contributed by atoms with Gasteiger partial charge in [0.2, 0.25) is 11.8 Å². The van der Waals surface area contributed by atoms with E-state index in [9.17, 15) is 9.59 Å². The van der Waals surface area contributed by atoms with Gasteiger partial charge in [0.25, 0.3) is 0 Å². The molecule has 0 spiro atoms. The maximum atomic E-state index is 12.9. The Morgan fingerprint density at radius 2 is 2.04 bits per heavy atom. The molecule has 3 heterocycles. The lowest BCUT2D eigenvalue weighted by molar-refractivity contribution is -0.143. The number of aromatic nitrogens is 2. The van der Waals surface area contributed by atoms with E-state index in [2.05, 4.69) is 41.4 Å². The normalized spacial score (nSPS) is 19.3. The molecule has 6 nitrogen and oxygen atoms in total. The zero-order valence-corrected chi connectivity index (χ0v) is 16.6. The summed E-state index contributed by atoms with van der Waals surface area (Å²) in [6.07, 6.45) is 5.16. The monoisotopic (exact) mass is 380 g/mol. The number of hydrogen-bond acceptors (Lipinski definition) is 3. The molecule has 0 saturated carbocycles. The Bertz CT molecular complexity index is 867. The number of likely N-dealkylation sites (tertiary alicyclic amines) is 2. The summed E-state index contributed by atoms with van der Waals surface area (Å²) in [5, 5.41) is 7.50. The van der Waals surface area contributed by atoms with Crippen LogP contribution in [0.25, 0.3) is 11.1 Å². The second kappa shape index (κ2) is 7.78. The highest BCUT2D eigenvalue weighted by Crippen LogP contribution is 2.34. The number of nitrogens with zero attached hydrogens (tertiary/aromatic N) is 3. The summed E-state index contributed by atoms with van der Waals surface area (Å²) < 4.78 is 0. The first kappa shape index (κ1) is 18.7. The van der Waals surface area contributed by atoms with E-state index in [1.807, 2.05) is 18.0 Å². The maximum Gasteiger partial charge on any atom is 0.245 e. The van der Waals surface area contributed by atoms with Crippen LogP contribution in [0.15, 0.2) is 30.5 Å². The van der Waals surface area contributed by atoms with Crippen molar-refractivity contribution in [3.05, 3.63) is 41.7 Å². The number of aromatic amines is 1. The van der Waals surface area contributed by atoms with Crippen LogP contribution >= 0.6 is 0 Å². The van der Waals surface area contributed by atoms with Crippen molar-refractivity contribution in [2.24, 2.45) is 0 Å². The highest BCUT2D eigenvalue weighted by Gasteiger charge is 2.34. The second-order valence-electron chi connectivity index (χ2n) is 8.03. The van der Waals surface area contributed by atoms with Gasteiger partial charge in [0.05, 0.1) is 6.20 Å². The van der Waals surface area contributed by atoms with E-state index < -0.39 is 0 Å². The summed E-state index contributed by atoms with van der Waals surface area (Å²) in [4.78, 5) is 28.5. The smallest absolute Gasteiger partial charge is 0.245 e. The fraction of sp³-hybridized carbons (Fsp3) is 0.500. The van der Waals surface area contributed by atoms with Gasteiger partial charge in [0.1, 0.15) is 6.04 Å². The minimum absolute atomic E-state index is 0.0808. The molecule has 148 valence electrons. The first-order valence-corrected chi connectivity index (χ1v) is 10.2. The van der Waals surface area contributed by atoms with Crippen molar-refractivity contribution in [2.75, 3.05) is 19.6 Å². The van der Waals surface area contributed by atoms with Crippen LogP contribution in [0, 0.1) is 6.92 Å². The molecule has 0 radical (unpaired) electrons. The number of carbonyl (C=O) groups is 2. The number of amides is 2. The lowest BCUT2D eigenvalue weighted by Crippen LogP contribution is -2.49. The fourth-order valence-corrected chi connectivity index (χ4v) is 4.51. The topological polar surface area (TPSA) is 69.3 Å². The largest absolute Gasteiger partial charge is 0.341 e. The molecule has 0 aliphatic carbocycles. The molecule has 1 N–H and O–H groups in total. The standard InChI is InChI=1S/C22H28N4O2/c1-15-5-3-6-18(13-15)19-14-23-24-21(19)17-8-11-25(12-9-17)22(28)16(2)26-10-4-7-20(26)27/h3,5-6,13-14,16-17H,4,7-12H2,1-2H3,(H,23,24)/t16-/m1/s1. The van der Waals surface area contributed by atoms with Crippen LogP contribution in [0.4, 0.5) is 0 Å². The summed E-state index contributed by atoms with van der Waals surface area (Å²) >= 11 is 0. The van der Waals surface area contributed by atoms with Crippen molar-refractivity contribution in [1.82, 2.24) is 20.0 Å². The number of carbonyl (C=O) groups excluding carboxylic acids is 2. The molecular weight excluding hydrogens is 352 g/mol. The van der Waals surface area contributed by atoms with Gasteiger partial charge >= 0.3 is 0 Å². The molecule has 2 aliphatic rings. The van der Waals surface area contributed by atoms with Crippen LogP contribution < -0.4 is 0 Å². The Morgan fingerprint density at radius 3 is 2.71 bits per heavy atom. The zero-order valence-electron chi connectivity index (χ0n) is 16.6. The Kier molecular flexibility index (Phi) is 5.20. The van der Waals surface area contributed by atoms with E-state index in [-0.39, 0.29) is 17.9 Å². The number of benzene rings is 1. The molecule has 2 aliphatic heterocycles. The molecule has 2 fully saturated rings. The Balaban J connectivity index is 1.42. The van der Waals surface area contributed by atoms with E-state index >= 15 is 0 Å². The predicted octanol–water partition coefficient (Wildman–Crippen LogP) is 3.10. The average Bonchev–Trinajstić information content (AvgIpc) is 3.36. The van der Waals surface area contributed by atoms with Gasteiger partial charge in [-0.05, 0) is 38.7 Å². The quantitative estimate of drug-likeness (QED) is 0.886. The third-order valence-electron chi connectivity index (χ3n) is 6.15. The molecule has 0 bridgehead atoms. The summed E-state index contributed by atoms with van der Waals surface area (Å²) in [7, 11) is 0. The van der Waals surface area contributed by atoms with Crippen molar-refractivity contribution in [3.63, 3.8) is 0 Å². The zero-order chi connectivity index (χ0) is 19.7. The summed E-state index contributed by atoms with van der Waals surface area (Å²) in [5.74, 6) is 0.555. The van der Waals surface area contributed by atoms with Crippen molar-refractivity contribution in [1.29, 1.82) is 0 Å². The number of piperidine rings is 1. The van der Waals surface area contributed by atoms with Crippen molar-refractivity contribution >= 4 is 11.8 Å². The lowest BCUT2D eigenvalue weighted by atomic mass is 9.89. The molecule has 1 aromatic carbocycles. The maximum absolute atomic E-state index is 12.9. The minimum Gasteiger partial charge on any atom is -0.341 e. The number of aryl methyl sites for hydroxylation is 1. The summed E-state index contributed by atoms with van der Waals surface area (Å²) in [6.45, 7) is 6.11. The molecule has 4 rings (SSSR count). The molecular formula is C22H28N4O2. The van der Waals surface area contributed by atoms with Crippen LogP contribution in [0.2, 0.25) is 0 Å². The van der Waals surface area contributed by atoms with Crippen LogP contribution in [-0.2, 0) is 9.59 Å². The number of rotatable bonds is 4. The van der Waals surface area contributed by atoms with Gasteiger partial charge in [-0.2, -0.15) is 5.10 Å². The van der Waals surface area contributed by atoms with Crippen molar-refractivity contribution in [2.45, 2.75) is 51.5 Å². The summed E-state index contributed by atoms with van der Waals surface area (Å²) in [6, 6.07) is 8.13. The van der Waals surface area contributed by atoms with Crippen LogP contribution in [-0.4, -0.2) is 57.5 Å². The summed E-state index contributed by atoms with van der Waals surface area (Å²) in [5.41, 5.74) is 4.74. The Labute approximate surface area is 165 Å². The molecule has 2 saturated heterocycles. The molecule has 1 atom stereocenters. The average molecular weight is 380 g/mol. The minimum atomic E-state index is -0.346. The van der Waals surface area contributed by atoms with Gasteiger partial charge in [-0.15, -0.1) is 0 Å². The first-order chi connectivity index (χ1) is 13.5. The van der Waals surface area contributed by atoms with Gasteiger partial charge in [-0.25, -0.2) is 0 Å². The van der Waals surface area contributed by atoms with Gasteiger partial charge < -0.3 is 9.80 Å². The third-order valence-corrected chi connectivity index (χ3v) is 6.15. The van der Waals surface area contributed by atoms with E-state index in [1.54, 1.807) is 4.90 Å². The number of hydrogen-bond donors (Lipinski definition) is 1. The van der Waals surface area contributed by atoms with E-state index in [4.69, 9.17) is 0 Å². The fourth-order valence-electron chi connectivity index (χ4n) is 4.51. The molecule has 0 unspecified atom stereocenters. The highest BCUT2D eigenvalue weighted by atomic mass is 16.2. The van der Waals surface area contributed by atoms with E-state index in [1.165, 1.54) is 16.8 Å². The second-order valence-corrected chi connectivity index (χ2v) is 8.03. The van der Waals surface area contributed by atoms with E-state index in [0.717, 1.165) is 37.9 Å². The van der Waals surface area contributed by atoms with Crippen LogP contribution in [0.1, 0.15) is 49.8 Å².